The van der Waals surface area contributed by atoms with E-state index in [1.165, 1.54) is 24.3 Å². The number of nitrogens with zero attached hydrogens (tertiary/aromatic N) is 2. The van der Waals surface area contributed by atoms with Gasteiger partial charge in [-0.1, -0.05) is 0 Å². The maximum atomic E-state index is 12.1. The standard InChI is InChI=1S/C13H11F3N4O.ClH/c14-13(15,16)21-10-3-1-9(2-4-10)19-12-18-6-8-5-17-7-11(8)20-12;/h1-4,6,17H,5,7H2,(H,18,19,20);1H. The molecule has 0 spiro atoms. The Hall–Kier alpha value is -2.06. The van der Waals surface area contributed by atoms with Crippen molar-refractivity contribution in [2.45, 2.75) is 19.5 Å². The number of fused-ring (bicyclic) bond motifs is 1. The van der Waals surface area contributed by atoms with Crippen LogP contribution in [0.25, 0.3) is 0 Å². The second-order valence-electron chi connectivity index (χ2n) is 4.47. The Balaban J connectivity index is 0.00000176. The predicted octanol–water partition coefficient (Wildman–Crippen LogP) is 3.14. The van der Waals surface area contributed by atoms with Crippen molar-refractivity contribution in [3.05, 3.63) is 41.7 Å². The smallest absolute Gasteiger partial charge is 0.406 e. The maximum Gasteiger partial charge on any atom is 0.573 e. The topological polar surface area (TPSA) is 59.1 Å². The number of halogens is 4. The van der Waals surface area contributed by atoms with Gasteiger partial charge < -0.3 is 15.4 Å². The number of hydrogen-bond donors (Lipinski definition) is 2. The zero-order chi connectivity index (χ0) is 14.9. The quantitative estimate of drug-likeness (QED) is 0.904. The molecular weight excluding hydrogens is 321 g/mol. The van der Waals surface area contributed by atoms with Gasteiger partial charge in [0.1, 0.15) is 5.75 Å². The highest BCUT2D eigenvalue weighted by Crippen LogP contribution is 2.25. The van der Waals surface area contributed by atoms with Crippen LogP contribution in [0.4, 0.5) is 24.8 Å². The van der Waals surface area contributed by atoms with Gasteiger partial charge in [-0.05, 0) is 24.3 Å². The third-order valence-corrected chi connectivity index (χ3v) is 2.91. The van der Waals surface area contributed by atoms with E-state index in [-0.39, 0.29) is 18.2 Å². The SMILES string of the molecule is Cl.FC(F)(F)Oc1ccc(Nc2ncc3c(n2)CNC3)cc1. The molecule has 0 atom stereocenters. The van der Waals surface area contributed by atoms with Crippen LogP contribution in [-0.4, -0.2) is 16.3 Å². The fraction of sp³-hybridized carbons (Fsp3) is 0.231. The Morgan fingerprint density at radius 1 is 1.14 bits per heavy atom. The summed E-state index contributed by atoms with van der Waals surface area (Å²) < 4.78 is 40.0. The van der Waals surface area contributed by atoms with Crippen molar-refractivity contribution in [1.82, 2.24) is 15.3 Å². The van der Waals surface area contributed by atoms with Crippen LogP contribution in [0.2, 0.25) is 0 Å². The van der Waals surface area contributed by atoms with Gasteiger partial charge in [0.15, 0.2) is 0 Å². The number of rotatable bonds is 3. The van der Waals surface area contributed by atoms with Gasteiger partial charge in [0.2, 0.25) is 5.95 Å². The van der Waals surface area contributed by atoms with E-state index in [0.717, 1.165) is 17.8 Å². The van der Waals surface area contributed by atoms with Crippen molar-refractivity contribution >= 4 is 24.0 Å². The Labute approximate surface area is 130 Å². The number of nitrogens with one attached hydrogen (secondary N) is 2. The molecule has 0 saturated heterocycles. The average Bonchev–Trinajstić information content (AvgIpc) is 2.87. The van der Waals surface area contributed by atoms with Crippen molar-refractivity contribution in [2.24, 2.45) is 0 Å². The van der Waals surface area contributed by atoms with Crippen LogP contribution < -0.4 is 15.4 Å². The zero-order valence-electron chi connectivity index (χ0n) is 11.1. The third kappa shape index (κ3) is 3.99. The molecule has 2 heterocycles. The van der Waals surface area contributed by atoms with Crippen LogP contribution in [0.3, 0.4) is 0 Å². The van der Waals surface area contributed by atoms with Crippen molar-refractivity contribution in [3.63, 3.8) is 0 Å². The van der Waals surface area contributed by atoms with E-state index in [1.54, 1.807) is 6.20 Å². The molecule has 9 heteroatoms. The highest BCUT2D eigenvalue weighted by atomic mass is 35.5. The molecule has 0 radical (unpaired) electrons. The molecule has 0 saturated carbocycles. The molecule has 118 valence electrons. The summed E-state index contributed by atoms with van der Waals surface area (Å²) in [5.41, 5.74) is 2.55. The van der Waals surface area contributed by atoms with Gasteiger partial charge in [-0.25, -0.2) is 9.97 Å². The number of benzene rings is 1. The van der Waals surface area contributed by atoms with Gasteiger partial charge in [0.25, 0.3) is 0 Å². The molecule has 0 aliphatic carbocycles. The molecule has 0 unspecified atom stereocenters. The Morgan fingerprint density at radius 2 is 1.86 bits per heavy atom. The van der Waals surface area contributed by atoms with Gasteiger partial charge in [-0.3, -0.25) is 0 Å². The van der Waals surface area contributed by atoms with Gasteiger partial charge in [0, 0.05) is 30.5 Å². The lowest BCUT2D eigenvalue weighted by Crippen LogP contribution is -2.17. The fourth-order valence-corrected chi connectivity index (χ4v) is 1.99. The summed E-state index contributed by atoms with van der Waals surface area (Å²) in [5.74, 6) is 0.133. The lowest BCUT2D eigenvalue weighted by molar-refractivity contribution is -0.274. The largest absolute Gasteiger partial charge is 0.573 e. The molecule has 1 aliphatic heterocycles. The molecule has 0 fully saturated rings. The normalized spacial score (nSPS) is 13.2. The van der Waals surface area contributed by atoms with Crippen LogP contribution in [0, 0.1) is 0 Å². The summed E-state index contributed by atoms with van der Waals surface area (Å²) in [6, 6.07) is 5.39. The van der Waals surface area contributed by atoms with Gasteiger partial charge in [-0.15, -0.1) is 25.6 Å². The number of alkyl halides is 3. The first-order chi connectivity index (χ1) is 9.99. The summed E-state index contributed by atoms with van der Waals surface area (Å²) in [4.78, 5) is 8.49. The van der Waals surface area contributed by atoms with E-state index in [9.17, 15) is 13.2 Å². The predicted molar refractivity (Wildman–Crippen MR) is 76.2 cm³/mol. The highest BCUT2D eigenvalue weighted by molar-refractivity contribution is 5.85. The molecule has 2 aromatic rings. The summed E-state index contributed by atoms with van der Waals surface area (Å²) in [7, 11) is 0. The van der Waals surface area contributed by atoms with E-state index in [2.05, 4.69) is 25.3 Å². The van der Waals surface area contributed by atoms with Crippen LogP contribution in [0.1, 0.15) is 11.3 Å². The zero-order valence-corrected chi connectivity index (χ0v) is 12.0. The first kappa shape index (κ1) is 16.3. The average molecular weight is 333 g/mol. The first-order valence-corrected chi connectivity index (χ1v) is 6.18. The maximum absolute atomic E-state index is 12.1. The van der Waals surface area contributed by atoms with Gasteiger partial charge >= 0.3 is 6.36 Å². The molecule has 22 heavy (non-hydrogen) atoms. The molecule has 1 aromatic carbocycles. The molecular formula is C13H12ClF3N4O. The Kier molecular flexibility index (Phi) is 4.72. The minimum Gasteiger partial charge on any atom is -0.406 e. The van der Waals surface area contributed by atoms with Gasteiger partial charge in [-0.2, -0.15) is 0 Å². The molecule has 1 aromatic heterocycles. The van der Waals surface area contributed by atoms with Crippen molar-refractivity contribution in [2.75, 3.05) is 5.32 Å². The minimum absolute atomic E-state index is 0. The molecule has 0 amide bonds. The number of aromatic nitrogens is 2. The number of ether oxygens (including phenoxy) is 1. The molecule has 0 bridgehead atoms. The number of anilines is 2. The summed E-state index contributed by atoms with van der Waals surface area (Å²) in [6.45, 7) is 1.43. The lowest BCUT2D eigenvalue weighted by atomic mass is 10.3. The van der Waals surface area contributed by atoms with E-state index in [4.69, 9.17) is 0 Å². The Bertz CT molecular complexity index is 649. The third-order valence-electron chi connectivity index (χ3n) is 2.91. The Morgan fingerprint density at radius 3 is 2.55 bits per heavy atom. The van der Waals surface area contributed by atoms with E-state index < -0.39 is 6.36 Å². The summed E-state index contributed by atoms with van der Waals surface area (Å²) in [5, 5.41) is 6.09. The van der Waals surface area contributed by atoms with Crippen LogP contribution in [0.5, 0.6) is 5.75 Å². The number of hydrogen-bond acceptors (Lipinski definition) is 5. The molecule has 1 aliphatic rings. The van der Waals surface area contributed by atoms with Crippen LogP contribution in [0.15, 0.2) is 30.5 Å². The van der Waals surface area contributed by atoms with Crippen LogP contribution >= 0.6 is 12.4 Å². The summed E-state index contributed by atoms with van der Waals surface area (Å²) in [6.07, 6.45) is -2.96. The minimum atomic E-state index is -4.69. The second kappa shape index (κ2) is 6.37. The van der Waals surface area contributed by atoms with Crippen molar-refractivity contribution in [3.8, 4) is 5.75 Å². The monoisotopic (exact) mass is 332 g/mol. The van der Waals surface area contributed by atoms with Gasteiger partial charge in [0.05, 0.1) is 5.69 Å². The van der Waals surface area contributed by atoms with Crippen molar-refractivity contribution < 1.29 is 17.9 Å². The molecule has 5 nitrogen and oxygen atoms in total. The molecule has 3 rings (SSSR count). The highest BCUT2D eigenvalue weighted by Gasteiger charge is 2.30. The first-order valence-electron chi connectivity index (χ1n) is 6.18. The van der Waals surface area contributed by atoms with E-state index in [0.29, 0.717) is 18.2 Å². The van der Waals surface area contributed by atoms with Crippen LogP contribution in [-0.2, 0) is 13.1 Å². The summed E-state index contributed by atoms with van der Waals surface area (Å²) >= 11 is 0. The van der Waals surface area contributed by atoms with E-state index >= 15 is 0 Å². The lowest BCUT2D eigenvalue weighted by Gasteiger charge is -2.10. The fourth-order valence-electron chi connectivity index (χ4n) is 1.99. The second-order valence-corrected chi connectivity index (χ2v) is 4.47. The van der Waals surface area contributed by atoms with Crippen molar-refractivity contribution in [1.29, 1.82) is 0 Å². The van der Waals surface area contributed by atoms with E-state index in [1.807, 2.05) is 0 Å². The molecule has 2 N–H and O–H groups in total.